The van der Waals surface area contributed by atoms with Crippen LogP contribution in [0.1, 0.15) is 11.3 Å². The molecular formula is C25H21N5O2S3. The van der Waals surface area contributed by atoms with Crippen LogP contribution in [0.15, 0.2) is 59.6 Å². The highest BCUT2D eigenvalue weighted by atomic mass is 32.2. The zero-order chi connectivity index (χ0) is 24.4. The van der Waals surface area contributed by atoms with E-state index in [0.717, 1.165) is 42.8 Å². The maximum absolute atomic E-state index is 12.4. The summed E-state index contributed by atoms with van der Waals surface area (Å²) < 4.78 is 6.53. The molecule has 0 spiro atoms. The maximum Gasteiger partial charge on any atom is 0.236 e. The lowest BCUT2D eigenvalue weighted by atomic mass is 10.2. The SMILES string of the molecule is COc1ccccc1-c1nc(C)c(-c2ccc(SCC(=O)Nc3nc4ccc(C)cc4s3)nn2)s1. The van der Waals surface area contributed by atoms with Crippen LogP contribution in [0.3, 0.4) is 0 Å². The molecule has 0 fully saturated rings. The van der Waals surface area contributed by atoms with E-state index in [2.05, 4.69) is 26.6 Å². The molecule has 3 aromatic heterocycles. The molecule has 7 nitrogen and oxygen atoms in total. The van der Waals surface area contributed by atoms with Gasteiger partial charge in [-0.1, -0.05) is 41.3 Å². The van der Waals surface area contributed by atoms with Gasteiger partial charge >= 0.3 is 0 Å². The smallest absolute Gasteiger partial charge is 0.236 e. The third-order valence-electron chi connectivity index (χ3n) is 5.15. The molecule has 1 N–H and O–H groups in total. The van der Waals surface area contributed by atoms with Crippen LogP contribution >= 0.6 is 34.4 Å². The molecule has 5 rings (SSSR count). The van der Waals surface area contributed by atoms with E-state index in [1.54, 1.807) is 18.4 Å². The van der Waals surface area contributed by atoms with Gasteiger partial charge in [-0.3, -0.25) is 4.79 Å². The standard InChI is InChI=1S/C25H21N5O2S3/c1-14-8-9-17-20(12-14)34-25(27-17)28-21(31)13-33-22-11-10-18(29-30-22)23-15(2)26-24(35-23)16-6-4-5-7-19(16)32-3/h4-12H,13H2,1-3H3,(H,27,28,31). The quantitative estimate of drug-likeness (QED) is 0.255. The number of ether oxygens (including phenoxy) is 1. The van der Waals surface area contributed by atoms with Crippen LogP contribution in [0.4, 0.5) is 5.13 Å². The Kier molecular flexibility index (Phi) is 6.76. The summed E-state index contributed by atoms with van der Waals surface area (Å²) in [4.78, 5) is 22.6. The van der Waals surface area contributed by atoms with Gasteiger partial charge in [0.2, 0.25) is 5.91 Å². The summed E-state index contributed by atoms with van der Waals surface area (Å²) in [5.74, 6) is 0.877. The highest BCUT2D eigenvalue weighted by Gasteiger charge is 2.16. The van der Waals surface area contributed by atoms with E-state index in [9.17, 15) is 4.79 Å². The van der Waals surface area contributed by atoms with E-state index in [-0.39, 0.29) is 11.7 Å². The van der Waals surface area contributed by atoms with E-state index in [0.29, 0.717) is 10.2 Å². The lowest BCUT2D eigenvalue weighted by Gasteiger charge is -2.04. The van der Waals surface area contributed by atoms with Gasteiger partial charge in [0.25, 0.3) is 0 Å². The number of aromatic nitrogens is 4. The summed E-state index contributed by atoms with van der Waals surface area (Å²) in [6, 6.07) is 17.7. The Balaban J connectivity index is 1.23. The topological polar surface area (TPSA) is 89.9 Å². The van der Waals surface area contributed by atoms with Crippen LogP contribution in [-0.2, 0) is 4.79 Å². The monoisotopic (exact) mass is 519 g/mol. The molecule has 0 atom stereocenters. The number of benzene rings is 2. The molecule has 1 amide bonds. The molecule has 3 heterocycles. The van der Waals surface area contributed by atoms with Crippen LogP contribution in [0.25, 0.3) is 31.4 Å². The van der Waals surface area contributed by atoms with Crippen LogP contribution in [0.5, 0.6) is 5.75 Å². The Labute approximate surface area is 214 Å². The number of hydrogen-bond donors (Lipinski definition) is 1. The van der Waals surface area contributed by atoms with Crippen molar-refractivity contribution in [2.24, 2.45) is 0 Å². The number of rotatable bonds is 7. The van der Waals surface area contributed by atoms with Crippen molar-refractivity contribution in [1.82, 2.24) is 20.2 Å². The van der Waals surface area contributed by atoms with Crippen molar-refractivity contribution in [2.75, 3.05) is 18.2 Å². The molecular weight excluding hydrogens is 499 g/mol. The molecule has 0 saturated carbocycles. The molecule has 5 aromatic rings. The van der Waals surface area contributed by atoms with Crippen LogP contribution in [0, 0.1) is 13.8 Å². The molecule has 2 aromatic carbocycles. The number of aryl methyl sites for hydroxylation is 2. The first-order valence-electron chi connectivity index (χ1n) is 10.7. The fourth-order valence-corrected chi connectivity index (χ4v) is 6.12. The number of carbonyl (C=O) groups is 1. The van der Waals surface area contributed by atoms with Crippen molar-refractivity contribution in [3.05, 3.63) is 65.9 Å². The minimum Gasteiger partial charge on any atom is -0.496 e. The third-order valence-corrected chi connectivity index (χ3v) is 8.21. The van der Waals surface area contributed by atoms with Gasteiger partial charge in [-0.15, -0.1) is 21.5 Å². The summed E-state index contributed by atoms with van der Waals surface area (Å²) in [6.07, 6.45) is 0. The zero-order valence-corrected chi connectivity index (χ0v) is 21.7. The van der Waals surface area contributed by atoms with E-state index >= 15 is 0 Å². The highest BCUT2D eigenvalue weighted by molar-refractivity contribution is 7.99. The first kappa shape index (κ1) is 23.4. The normalized spacial score (nSPS) is 11.1. The lowest BCUT2D eigenvalue weighted by molar-refractivity contribution is -0.113. The fraction of sp³-hybridized carbons (Fsp3) is 0.160. The maximum atomic E-state index is 12.4. The number of nitrogens with zero attached hydrogens (tertiary/aromatic N) is 4. The molecule has 176 valence electrons. The second-order valence-electron chi connectivity index (χ2n) is 7.72. The van der Waals surface area contributed by atoms with Gasteiger partial charge in [-0.25, -0.2) is 9.97 Å². The third kappa shape index (κ3) is 5.19. The highest BCUT2D eigenvalue weighted by Crippen LogP contribution is 2.38. The van der Waals surface area contributed by atoms with Crippen LogP contribution in [-0.4, -0.2) is 38.9 Å². The van der Waals surface area contributed by atoms with E-state index in [4.69, 9.17) is 9.72 Å². The zero-order valence-electron chi connectivity index (χ0n) is 19.2. The summed E-state index contributed by atoms with van der Waals surface area (Å²) in [5.41, 5.74) is 4.64. The van der Waals surface area contributed by atoms with Gasteiger partial charge in [-0.2, -0.15) is 0 Å². The Bertz CT molecular complexity index is 1510. The summed E-state index contributed by atoms with van der Waals surface area (Å²) >= 11 is 4.36. The number of anilines is 1. The first-order valence-corrected chi connectivity index (χ1v) is 13.4. The Hall–Kier alpha value is -3.34. The summed E-state index contributed by atoms with van der Waals surface area (Å²) in [5, 5.41) is 13.7. The predicted octanol–water partition coefficient (Wildman–Crippen LogP) is 6.23. The number of thioether (sulfide) groups is 1. The van der Waals surface area contributed by atoms with Crippen molar-refractivity contribution in [1.29, 1.82) is 0 Å². The van der Waals surface area contributed by atoms with Crippen molar-refractivity contribution >= 4 is 55.7 Å². The van der Waals surface area contributed by atoms with Crippen molar-refractivity contribution < 1.29 is 9.53 Å². The minimum atomic E-state index is -0.128. The average Bonchev–Trinajstić information content (AvgIpc) is 3.45. The predicted molar refractivity (Wildman–Crippen MR) is 144 cm³/mol. The van der Waals surface area contributed by atoms with E-state index in [1.807, 2.05) is 62.4 Å². The van der Waals surface area contributed by atoms with Crippen molar-refractivity contribution in [3.8, 4) is 26.9 Å². The number of amides is 1. The van der Waals surface area contributed by atoms with Gasteiger partial charge < -0.3 is 10.1 Å². The molecule has 0 radical (unpaired) electrons. The molecule has 35 heavy (non-hydrogen) atoms. The molecule has 10 heteroatoms. The van der Waals surface area contributed by atoms with Gasteiger partial charge in [-0.05, 0) is 55.8 Å². The lowest BCUT2D eigenvalue weighted by Crippen LogP contribution is -2.13. The average molecular weight is 520 g/mol. The van der Waals surface area contributed by atoms with E-state index < -0.39 is 0 Å². The number of para-hydroxylation sites is 1. The number of methoxy groups -OCH3 is 1. The van der Waals surface area contributed by atoms with E-state index in [1.165, 1.54) is 28.7 Å². The minimum absolute atomic E-state index is 0.128. The number of carbonyl (C=O) groups excluding carboxylic acids is 1. The van der Waals surface area contributed by atoms with Crippen LogP contribution in [0.2, 0.25) is 0 Å². The Morgan fingerprint density at radius 3 is 2.69 bits per heavy atom. The van der Waals surface area contributed by atoms with Gasteiger partial charge in [0.15, 0.2) is 5.13 Å². The molecule has 0 saturated heterocycles. The van der Waals surface area contributed by atoms with Gasteiger partial charge in [0, 0.05) is 0 Å². The number of thiazole rings is 2. The number of fused-ring (bicyclic) bond motifs is 1. The molecule has 0 aliphatic heterocycles. The fourth-order valence-electron chi connectivity index (χ4n) is 3.47. The number of nitrogens with one attached hydrogen (secondary N) is 1. The molecule has 0 aliphatic rings. The van der Waals surface area contributed by atoms with Crippen molar-refractivity contribution in [2.45, 2.75) is 18.9 Å². The second-order valence-corrected chi connectivity index (χ2v) is 10.7. The number of hydrogen-bond acceptors (Lipinski definition) is 9. The summed E-state index contributed by atoms with van der Waals surface area (Å²) in [7, 11) is 1.65. The van der Waals surface area contributed by atoms with Gasteiger partial charge in [0.1, 0.15) is 21.5 Å². The van der Waals surface area contributed by atoms with Gasteiger partial charge in [0.05, 0.1) is 39.2 Å². The molecule has 0 bridgehead atoms. The van der Waals surface area contributed by atoms with Crippen molar-refractivity contribution in [3.63, 3.8) is 0 Å². The molecule has 0 aliphatic carbocycles. The summed E-state index contributed by atoms with van der Waals surface area (Å²) in [6.45, 7) is 4.00. The Morgan fingerprint density at radius 2 is 1.89 bits per heavy atom. The second kappa shape index (κ2) is 10.1. The largest absolute Gasteiger partial charge is 0.496 e. The molecule has 0 unspecified atom stereocenters. The Morgan fingerprint density at radius 1 is 1.03 bits per heavy atom. The first-order chi connectivity index (χ1) is 17.0. The van der Waals surface area contributed by atoms with Crippen LogP contribution < -0.4 is 10.1 Å².